The maximum atomic E-state index is 11.9. The Bertz CT molecular complexity index is 638. The lowest BCUT2D eigenvalue weighted by Gasteiger charge is -2.14. The fraction of sp³-hybridized carbons (Fsp3) is 0.316. The first-order valence-corrected chi connectivity index (χ1v) is 8.28. The van der Waals surface area contributed by atoms with E-state index in [1.54, 1.807) is 0 Å². The van der Waals surface area contributed by atoms with E-state index in [1.165, 1.54) is 5.56 Å². The highest BCUT2D eigenvalue weighted by Gasteiger charge is 2.06. The Morgan fingerprint density at radius 2 is 1.78 bits per heavy atom. The first-order chi connectivity index (χ1) is 11.1. The standard InChI is InChI=1S/C19H23ClN2O/c1-14(2)17-5-3-4-6-18(17)21-12-11-19(23)22-13-15-7-9-16(20)10-8-15/h3-10,14,21H,11-13H2,1-2H3,(H,22,23). The van der Waals surface area contributed by atoms with Crippen LogP contribution in [-0.4, -0.2) is 12.5 Å². The molecule has 0 saturated heterocycles. The Balaban J connectivity index is 1.76. The van der Waals surface area contributed by atoms with Crippen molar-refractivity contribution in [3.05, 3.63) is 64.7 Å². The van der Waals surface area contributed by atoms with Gasteiger partial charge in [-0.1, -0.05) is 55.8 Å². The average molecular weight is 331 g/mol. The molecule has 0 fully saturated rings. The van der Waals surface area contributed by atoms with Gasteiger partial charge in [0.2, 0.25) is 5.91 Å². The van der Waals surface area contributed by atoms with E-state index in [2.05, 4.69) is 36.6 Å². The second-order valence-corrected chi connectivity index (χ2v) is 6.26. The van der Waals surface area contributed by atoms with Gasteiger partial charge in [0.05, 0.1) is 0 Å². The smallest absolute Gasteiger partial charge is 0.222 e. The molecule has 2 aromatic carbocycles. The summed E-state index contributed by atoms with van der Waals surface area (Å²) >= 11 is 5.84. The fourth-order valence-corrected chi connectivity index (χ4v) is 2.49. The summed E-state index contributed by atoms with van der Waals surface area (Å²) in [6.45, 7) is 5.48. The summed E-state index contributed by atoms with van der Waals surface area (Å²) in [6.07, 6.45) is 0.444. The maximum Gasteiger partial charge on any atom is 0.222 e. The van der Waals surface area contributed by atoms with Crippen LogP contribution >= 0.6 is 11.6 Å². The van der Waals surface area contributed by atoms with Crippen LogP contribution in [0.3, 0.4) is 0 Å². The predicted octanol–water partition coefficient (Wildman–Crippen LogP) is 4.58. The Labute approximate surface area is 143 Å². The van der Waals surface area contributed by atoms with Gasteiger partial charge in [-0.25, -0.2) is 0 Å². The minimum absolute atomic E-state index is 0.0366. The van der Waals surface area contributed by atoms with Crippen molar-refractivity contribution >= 4 is 23.2 Å². The average Bonchev–Trinajstić information content (AvgIpc) is 2.54. The van der Waals surface area contributed by atoms with Gasteiger partial charge in [0, 0.05) is 30.2 Å². The van der Waals surface area contributed by atoms with Crippen LogP contribution in [0.4, 0.5) is 5.69 Å². The summed E-state index contributed by atoms with van der Waals surface area (Å²) in [5, 5.41) is 6.97. The lowest BCUT2D eigenvalue weighted by atomic mass is 10.0. The number of hydrogen-bond donors (Lipinski definition) is 2. The molecule has 0 bridgehead atoms. The van der Waals surface area contributed by atoms with Crippen molar-refractivity contribution < 1.29 is 4.79 Å². The van der Waals surface area contributed by atoms with E-state index < -0.39 is 0 Å². The normalized spacial score (nSPS) is 10.6. The van der Waals surface area contributed by atoms with Crippen LogP contribution in [0.15, 0.2) is 48.5 Å². The van der Waals surface area contributed by atoms with Crippen LogP contribution < -0.4 is 10.6 Å². The molecular weight excluding hydrogens is 308 g/mol. The van der Waals surface area contributed by atoms with Crippen LogP contribution in [0.25, 0.3) is 0 Å². The van der Waals surface area contributed by atoms with Gasteiger partial charge in [-0.3, -0.25) is 4.79 Å². The molecule has 4 heteroatoms. The molecule has 3 nitrogen and oxygen atoms in total. The third kappa shape index (κ3) is 5.61. The molecule has 2 aromatic rings. The molecule has 23 heavy (non-hydrogen) atoms. The minimum Gasteiger partial charge on any atom is -0.384 e. The number of benzene rings is 2. The van der Waals surface area contributed by atoms with Crippen LogP contribution in [-0.2, 0) is 11.3 Å². The van der Waals surface area contributed by atoms with Crippen LogP contribution in [0, 0.1) is 0 Å². The number of rotatable bonds is 7. The van der Waals surface area contributed by atoms with E-state index in [-0.39, 0.29) is 5.91 Å². The molecule has 0 aliphatic rings. The van der Waals surface area contributed by atoms with Gasteiger partial charge in [-0.2, -0.15) is 0 Å². The minimum atomic E-state index is 0.0366. The molecule has 0 aliphatic heterocycles. The molecule has 122 valence electrons. The van der Waals surface area contributed by atoms with E-state index >= 15 is 0 Å². The zero-order valence-corrected chi connectivity index (χ0v) is 14.4. The number of amides is 1. The number of halogens is 1. The van der Waals surface area contributed by atoms with Crippen molar-refractivity contribution in [2.75, 3.05) is 11.9 Å². The van der Waals surface area contributed by atoms with Gasteiger partial charge in [0.15, 0.2) is 0 Å². The molecule has 0 saturated carbocycles. The molecule has 1 amide bonds. The monoisotopic (exact) mass is 330 g/mol. The highest BCUT2D eigenvalue weighted by Crippen LogP contribution is 2.23. The molecule has 2 rings (SSSR count). The number of para-hydroxylation sites is 1. The van der Waals surface area contributed by atoms with Crippen molar-refractivity contribution in [1.82, 2.24) is 5.32 Å². The van der Waals surface area contributed by atoms with Gasteiger partial charge in [0.1, 0.15) is 0 Å². The predicted molar refractivity (Wildman–Crippen MR) is 96.9 cm³/mol. The third-order valence-electron chi connectivity index (χ3n) is 3.65. The Morgan fingerprint density at radius 1 is 1.09 bits per heavy atom. The third-order valence-corrected chi connectivity index (χ3v) is 3.91. The summed E-state index contributed by atoms with van der Waals surface area (Å²) in [4.78, 5) is 11.9. The number of carbonyl (C=O) groups is 1. The van der Waals surface area contributed by atoms with E-state index in [0.29, 0.717) is 30.5 Å². The van der Waals surface area contributed by atoms with E-state index in [9.17, 15) is 4.79 Å². The zero-order chi connectivity index (χ0) is 16.7. The lowest BCUT2D eigenvalue weighted by Crippen LogP contribution is -2.25. The highest BCUT2D eigenvalue weighted by molar-refractivity contribution is 6.30. The molecule has 0 aliphatic carbocycles. The fourth-order valence-electron chi connectivity index (χ4n) is 2.36. The topological polar surface area (TPSA) is 41.1 Å². The Kier molecular flexibility index (Phi) is 6.48. The van der Waals surface area contributed by atoms with E-state index in [1.807, 2.05) is 36.4 Å². The molecule has 0 atom stereocenters. The van der Waals surface area contributed by atoms with E-state index in [4.69, 9.17) is 11.6 Å². The highest BCUT2D eigenvalue weighted by atomic mass is 35.5. The molecule has 0 spiro atoms. The van der Waals surface area contributed by atoms with Crippen molar-refractivity contribution in [3.8, 4) is 0 Å². The summed E-state index contributed by atoms with van der Waals surface area (Å²) in [6, 6.07) is 15.7. The van der Waals surface area contributed by atoms with Gasteiger partial charge >= 0.3 is 0 Å². The van der Waals surface area contributed by atoms with Gasteiger partial charge < -0.3 is 10.6 Å². The van der Waals surface area contributed by atoms with E-state index in [0.717, 1.165) is 11.3 Å². The SMILES string of the molecule is CC(C)c1ccccc1NCCC(=O)NCc1ccc(Cl)cc1. The van der Waals surface area contributed by atoms with Gasteiger partial charge in [0.25, 0.3) is 0 Å². The largest absolute Gasteiger partial charge is 0.384 e. The molecular formula is C19H23ClN2O. The summed E-state index contributed by atoms with van der Waals surface area (Å²) in [7, 11) is 0. The maximum absolute atomic E-state index is 11.9. The number of nitrogens with one attached hydrogen (secondary N) is 2. The molecule has 0 unspecified atom stereocenters. The van der Waals surface area contributed by atoms with Crippen molar-refractivity contribution in [2.45, 2.75) is 32.7 Å². The second kappa shape index (κ2) is 8.59. The molecule has 2 N–H and O–H groups in total. The summed E-state index contributed by atoms with van der Waals surface area (Å²) in [5.74, 6) is 0.493. The second-order valence-electron chi connectivity index (χ2n) is 5.82. The number of anilines is 1. The number of carbonyl (C=O) groups excluding carboxylic acids is 1. The first kappa shape index (κ1) is 17.4. The van der Waals surface area contributed by atoms with Crippen LogP contribution in [0.2, 0.25) is 5.02 Å². The molecule has 0 heterocycles. The summed E-state index contributed by atoms with van der Waals surface area (Å²) < 4.78 is 0. The van der Waals surface area contributed by atoms with Crippen molar-refractivity contribution in [2.24, 2.45) is 0 Å². The first-order valence-electron chi connectivity index (χ1n) is 7.90. The number of hydrogen-bond acceptors (Lipinski definition) is 2. The molecule has 0 aromatic heterocycles. The van der Waals surface area contributed by atoms with Crippen LogP contribution in [0.5, 0.6) is 0 Å². The molecule has 0 radical (unpaired) electrons. The van der Waals surface area contributed by atoms with Crippen LogP contribution in [0.1, 0.15) is 37.3 Å². The lowest BCUT2D eigenvalue weighted by molar-refractivity contribution is -0.121. The van der Waals surface area contributed by atoms with Crippen molar-refractivity contribution in [1.29, 1.82) is 0 Å². The van der Waals surface area contributed by atoms with Gasteiger partial charge in [-0.05, 0) is 35.2 Å². The quantitative estimate of drug-likeness (QED) is 0.780. The van der Waals surface area contributed by atoms with Crippen molar-refractivity contribution in [3.63, 3.8) is 0 Å². The van der Waals surface area contributed by atoms with Gasteiger partial charge in [-0.15, -0.1) is 0 Å². The Hall–Kier alpha value is -2.00. The Morgan fingerprint density at radius 3 is 2.48 bits per heavy atom. The zero-order valence-electron chi connectivity index (χ0n) is 13.6. The summed E-state index contributed by atoms with van der Waals surface area (Å²) in [5.41, 5.74) is 3.42.